The van der Waals surface area contributed by atoms with E-state index in [0.717, 1.165) is 19.4 Å². The van der Waals surface area contributed by atoms with Gasteiger partial charge in [0, 0.05) is 12.1 Å². The van der Waals surface area contributed by atoms with Gasteiger partial charge in [-0.05, 0) is 47.1 Å². The molecular weight excluding hydrogens is 320 g/mol. The number of carbonyl (C=O) groups is 1. The Labute approximate surface area is 136 Å². The molecule has 3 N–H and O–H groups in total. The van der Waals surface area contributed by atoms with E-state index in [0.29, 0.717) is 0 Å². The quantitative estimate of drug-likeness (QED) is 0.704. The second-order valence-electron chi connectivity index (χ2n) is 6.00. The number of nitrogens with one attached hydrogen (secondary N) is 3. The molecule has 0 spiro atoms. The van der Waals surface area contributed by atoms with E-state index >= 15 is 0 Å². The zero-order chi connectivity index (χ0) is 17.2. The Bertz CT molecular complexity index is 651. The van der Waals surface area contributed by atoms with Gasteiger partial charge in [0.2, 0.25) is 15.9 Å². The summed E-state index contributed by atoms with van der Waals surface area (Å²) in [6, 6.07) is -0.718. The number of piperidine rings is 1. The third-order valence-corrected chi connectivity index (χ3v) is 5.84. The van der Waals surface area contributed by atoms with Gasteiger partial charge in [0.15, 0.2) is 5.76 Å². The zero-order valence-corrected chi connectivity index (χ0v) is 14.7. The summed E-state index contributed by atoms with van der Waals surface area (Å²) in [5, 5.41) is 9.82. The van der Waals surface area contributed by atoms with Gasteiger partial charge >= 0.3 is 0 Å². The van der Waals surface area contributed by atoms with Gasteiger partial charge in [-0.2, -0.15) is 4.72 Å². The molecular formula is C14H24N4O4S. The molecule has 1 fully saturated rings. The van der Waals surface area contributed by atoms with Crippen LogP contribution in [0.1, 0.15) is 38.1 Å². The minimum atomic E-state index is -3.86. The van der Waals surface area contributed by atoms with Crippen LogP contribution >= 0.6 is 0 Å². The maximum Gasteiger partial charge on any atom is 0.246 e. The Balaban J connectivity index is 2.03. The van der Waals surface area contributed by atoms with Crippen LogP contribution in [0.5, 0.6) is 0 Å². The summed E-state index contributed by atoms with van der Waals surface area (Å²) < 4.78 is 32.1. The summed E-state index contributed by atoms with van der Waals surface area (Å²) in [6.45, 7) is 7.52. The Kier molecular flexibility index (Phi) is 5.43. The maximum absolute atomic E-state index is 12.4. The Morgan fingerprint density at radius 1 is 1.43 bits per heavy atom. The molecule has 1 aromatic rings. The second-order valence-corrected chi connectivity index (χ2v) is 7.65. The molecule has 0 bridgehead atoms. The first-order valence-electron chi connectivity index (χ1n) is 7.71. The second kappa shape index (κ2) is 6.98. The third kappa shape index (κ3) is 4.10. The fourth-order valence-corrected chi connectivity index (χ4v) is 4.28. The van der Waals surface area contributed by atoms with Crippen LogP contribution in [0, 0.1) is 13.8 Å². The highest BCUT2D eigenvalue weighted by Gasteiger charge is 2.30. The number of rotatable bonds is 5. The van der Waals surface area contributed by atoms with Gasteiger partial charge in [-0.1, -0.05) is 5.16 Å². The van der Waals surface area contributed by atoms with Gasteiger partial charge in [-0.15, -0.1) is 0 Å². The normalized spacial score (nSPS) is 23.5. The number of sulfonamides is 1. The largest absolute Gasteiger partial charge is 0.360 e. The highest BCUT2D eigenvalue weighted by molar-refractivity contribution is 7.89. The van der Waals surface area contributed by atoms with Crippen molar-refractivity contribution in [2.75, 3.05) is 6.54 Å². The van der Waals surface area contributed by atoms with E-state index in [9.17, 15) is 13.2 Å². The van der Waals surface area contributed by atoms with Crippen LogP contribution in [0.2, 0.25) is 0 Å². The Morgan fingerprint density at radius 3 is 2.70 bits per heavy atom. The van der Waals surface area contributed by atoms with Crippen molar-refractivity contribution in [3.05, 3.63) is 11.5 Å². The first-order chi connectivity index (χ1) is 10.7. The lowest BCUT2D eigenvalue weighted by Gasteiger charge is -2.31. The van der Waals surface area contributed by atoms with Crippen molar-refractivity contribution in [1.82, 2.24) is 20.5 Å². The molecule has 0 aromatic carbocycles. The third-order valence-electron chi connectivity index (χ3n) is 4.05. The molecule has 8 nitrogen and oxygen atoms in total. The Morgan fingerprint density at radius 2 is 2.13 bits per heavy atom. The minimum Gasteiger partial charge on any atom is -0.360 e. The molecule has 9 heteroatoms. The van der Waals surface area contributed by atoms with E-state index in [2.05, 4.69) is 20.5 Å². The highest BCUT2D eigenvalue weighted by atomic mass is 32.2. The maximum atomic E-state index is 12.4. The van der Waals surface area contributed by atoms with Crippen LogP contribution in [0.4, 0.5) is 0 Å². The molecule has 1 saturated heterocycles. The van der Waals surface area contributed by atoms with E-state index in [4.69, 9.17) is 4.52 Å². The van der Waals surface area contributed by atoms with Crippen LogP contribution < -0.4 is 15.4 Å². The van der Waals surface area contributed by atoms with Crippen LogP contribution in [0.25, 0.3) is 0 Å². The first kappa shape index (κ1) is 17.9. The van der Waals surface area contributed by atoms with Crippen molar-refractivity contribution < 1.29 is 17.7 Å². The monoisotopic (exact) mass is 344 g/mol. The standard InChI is InChI=1S/C14H24N4O4S/c1-8-12(6-5-7-15-8)16-14(19)10(3)18-23(20,21)13-9(2)17-22-11(13)4/h8,10,12,15,18H,5-7H2,1-4H3,(H,16,19). The number of amides is 1. The lowest BCUT2D eigenvalue weighted by Crippen LogP contribution is -2.55. The van der Waals surface area contributed by atoms with Gasteiger partial charge in [-0.3, -0.25) is 4.79 Å². The summed E-state index contributed by atoms with van der Waals surface area (Å²) >= 11 is 0. The zero-order valence-electron chi connectivity index (χ0n) is 13.8. The lowest BCUT2D eigenvalue weighted by atomic mass is 9.99. The summed E-state index contributed by atoms with van der Waals surface area (Å²) in [4.78, 5) is 12.3. The topological polar surface area (TPSA) is 113 Å². The predicted molar refractivity (Wildman–Crippen MR) is 84.4 cm³/mol. The van der Waals surface area contributed by atoms with Crippen LogP contribution in [-0.4, -0.2) is 44.2 Å². The van der Waals surface area contributed by atoms with E-state index in [1.807, 2.05) is 6.92 Å². The number of aromatic nitrogens is 1. The van der Waals surface area contributed by atoms with E-state index in [-0.39, 0.29) is 34.3 Å². The summed E-state index contributed by atoms with van der Waals surface area (Å²) in [5.74, 6) is -0.145. The van der Waals surface area contributed by atoms with Crippen molar-refractivity contribution in [2.45, 2.75) is 63.6 Å². The number of hydrogen-bond acceptors (Lipinski definition) is 6. The summed E-state index contributed by atoms with van der Waals surface area (Å²) in [6.07, 6.45) is 1.86. The van der Waals surface area contributed by atoms with Crippen molar-refractivity contribution >= 4 is 15.9 Å². The molecule has 1 aliphatic rings. The molecule has 3 atom stereocenters. The fourth-order valence-electron chi connectivity index (χ4n) is 2.75. The minimum absolute atomic E-state index is 0.00210. The molecule has 1 amide bonds. The molecule has 2 rings (SSSR count). The molecule has 0 saturated carbocycles. The van der Waals surface area contributed by atoms with E-state index in [1.165, 1.54) is 13.8 Å². The van der Waals surface area contributed by atoms with Crippen molar-refractivity contribution in [2.24, 2.45) is 0 Å². The lowest BCUT2D eigenvalue weighted by molar-refractivity contribution is -0.123. The highest BCUT2D eigenvalue weighted by Crippen LogP contribution is 2.19. The average molecular weight is 344 g/mol. The molecule has 23 heavy (non-hydrogen) atoms. The van der Waals surface area contributed by atoms with Crippen LogP contribution in [0.3, 0.4) is 0 Å². The van der Waals surface area contributed by atoms with E-state index in [1.54, 1.807) is 6.92 Å². The van der Waals surface area contributed by atoms with Gasteiger partial charge in [-0.25, -0.2) is 8.42 Å². The molecule has 1 aliphatic heterocycles. The number of hydrogen-bond donors (Lipinski definition) is 3. The van der Waals surface area contributed by atoms with E-state index < -0.39 is 16.1 Å². The predicted octanol–water partition coefficient (Wildman–Crippen LogP) is 0.215. The molecule has 130 valence electrons. The van der Waals surface area contributed by atoms with Crippen molar-refractivity contribution in [1.29, 1.82) is 0 Å². The van der Waals surface area contributed by atoms with Crippen molar-refractivity contribution in [3.8, 4) is 0 Å². The fraction of sp³-hybridized carbons (Fsp3) is 0.714. The van der Waals surface area contributed by atoms with Gasteiger partial charge < -0.3 is 15.2 Å². The SMILES string of the molecule is Cc1noc(C)c1S(=O)(=O)NC(C)C(=O)NC1CCCNC1C. The molecule has 0 radical (unpaired) electrons. The number of aryl methyl sites for hydroxylation is 2. The Hall–Kier alpha value is -1.45. The van der Waals surface area contributed by atoms with Crippen molar-refractivity contribution in [3.63, 3.8) is 0 Å². The number of nitrogens with zero attached hydrogens (tertiary/aromatic N) is 1. The summed E-state index contributed by atoms with van der Waals surface area (Å²) in [5.41, 5.74) is 0.271. The van der Waals surface area contributed by atoms with Gasteiger partial charge in [0.25, 0.3) is 0 Å². The molecule has 3 unspecified atom stereocenters. The molecule has 1 aromatic heterocycles. The van der Waals surface area contributed by atoms with Crippen LogP contribution in [0.15, 0.2) is 9.42 Å². The van der Waals surface area contributed by atoms with Gasteiger partial charge in [0.1, 0.15) is 10.6 Å². The number of carbonyl (C=O) groups excluding carboxylic acids is 1. The summed E-state index contributed by atoms with van der Waals surface area (Å²) in [7, 11) is -3.86. The smallest absolute Gasteiger partial charge is 0.246 e. The van der Waals surface area contributed by atoms with Gasteiger partial charge in [0.05, 0.1) is 6.04 Å². The van der Waals surface area contributed by atoms with Crippen LogP contribution in [-0.2, 0) is 14.8 Å². The molecule has 0 aliphatic carbocycles. The molecule has 2 heterocycles. The average Bonchev–Trinajstić information content (AvgIpc) is 2.80. The first-order valence-corrected chi connectivity index (χ1v) is 9.19.